The second-order valence-corrected chi connectivity index (χ2v) is 11.1. The first kappa shape index (κ1) is 31.9. The lowest BCUT2D eigenvalue weighted by Gasteiger charge is -2.17. The van der Waals surface area contributed by atoms with Crippen LogP contribution in [0.1, 0.15) is 34.8 Å². The molecule has 3 amide bonds. The zero-order valence-corrected chi connectivity index (χ0v) is 25.9. The van der Waals surface area contributed by atoms with Crippen LogP contribution >= 0.6 is 11.8 Å². The molecule has 1 unspecified atom stereocenters. The molecule has 9 heteroatoms. The van der Waals surface area contributed by atoms with Crippen molar-refractivity contribution in [1.29, 1.82) is 0 Å². The van der Waals surface area contributed by atoms with Crippen LogP contribution in [0.15, 0.2) is 108 Å². The van der Waals surface area contributed by atoms with Gasteiger partial charge in [0.2, 0.25) is 5.91 Å². The number of ether oxygens (including phenoxy) is 2. The van der Waals surface area contributed by atoms with Gasteiger partial charge in [-0.2, -0.15) is 0 Å². The number of thioether (sulfide) groups is 1. The van der Waals surface area contributed by atoms with Gasteiger partial charge in [-0.15, -0.1) is 11.8 Å². The fraction of sp³-hybridized carbons (Fsp3) is 0.171. The highest BCUT2D eigenvalue weighted by Gasteiger charge is 2.20. The van der Waals surface area contributed by atoms with Crippen LogP contribution in [-0.2, 0) is 9.59 Å². The van der Waals surface area contributed by atoms with Gasteiger partial charge in [0.15, 0.2) is 0 Å². The number of anilines is 2. The van der Waals surface area contributed by atoms with Crippen LogP contribution < -0.4 is 25.4 Å². The number of hydrogen-bond donors (Lipinski definition) is 3. The molecule has 0 saturated heterocycles. The first-order valence-electron chi connectivity index (χ1n) is 14.0. The van der Waals surface area contributed by atoms with E-state index in [1.165, 1.54) is 11.8 Å². The molecule has 0 aliphatic heterocycles. The summed E-state index contributed by atoms with van der Waals surface area (Å²) >= 11 is 1.39. The van der Waals surface area contributed by atoms with Gasteiger partial charge in [0.05, 0.1) is 19.5 Å². The highest BCUT2D eigenvalue weighted by atomic mass is 32.2. The van der Waals surface area contributed by atoms with Crippen LogP contribution in [0.5, 0.6) is 11.5 Å². The normalized spacial score (nSPS) is 11.7. The van der Waals surface area contributed by atoms with E-state index in [0.717, 1.165) is 16.0 Å². The average Bonchev–Trinajstić information content (AvgIpc) is 3.04. The number of benzene rings is 4. The van der Waals surface area contributed by atoms with Gasteiger partial charge in [0.1, 0.15) is 17.2 Å². The van der Waals surface area contributed by atoms with Crippen LogP contribution in [-0.4, -0.2) is 37.2 Å². The Labute approximate surface area is 261 Å². The van der Waals surface area contributed by atoms with E-state index < -0.39 is 17.1 Å². The largest absolute Gasteiger partial charge is 0.497 e. The van der Waals surface area contributed by atoms with E-state index in [1.807, 2.05) is 56.3 Å². The fourth-order valence-corrected chi connectivity index (χ4v) is 5.29. The van der Waals surface area contributed by atoms with Crippen molar-refractivity contribution in [3.63, 3.8) is 0 Å². The molecule has 226 valence electrons. The highest BCUT2D eigenvalue weighted by Crippen LogP contribution is 2.30. The molecule has 0 aliphatic rings. The van der Waals surface area contributed by atoms with Crippen LogP contribution in [0.25, 0.3) is 6.08 Å². The summed E-state index contributed by atoms with van der Waals surface area (Å²) in [7, 11) is 3.10. The highest BCUT2D eigenvalue weighted by molar-refractivity contribution is 8.00. The van der Waals surface area contributed by atoms with Crippen molar-refractivity contribution in [3.05, 3.63) is 119 Å². The molecule has 0 fully saturated rings. The molecule has 1 atom stereocenters. The summed E-state index contributed by atoms with van der Waals surface area (Å²) in [6.45, 7) is 3.87. The second kappa shape index (κ2) is 15.5. The minimum absolute atomic E-state index is 0.103. The smallest absolute Gasteiger partial charge is 0.272 e. The SMILES string of the molecule is CCC(Sc1cccc(NC(=O)/C(=C/c2ccccc2C)NC(=O)c2ccccc2)c1)C(=O)Nc1cc(OC)cc(OC)c1. The maximum Gasteiger partial charge on any atom is 0.272 e. The lowest BCUT2D eigenvalue weighted by molar-refractivity contribution is -0.116. The molecule has 0 aromatic heterocycles. The number of aryl methyl sites for hydroxylation is 1. The number of rotatable bonds is 12. The van der Waals surface area contributed by atoms with Crippen LogP contribution in [0.3, 0.4) is 0 Å². The van der Waals surface area contributed by atoms with Crippen molar-refractivity contribution in [1.82, 2.24) is 5.32 Å². The van der Waals surface area contributed by atoms with Crippen molar-refractivity contribution in [2.24, 2.45) is 0 Å². The van der Waals surface area contributed by atoms with Gasteiger partial charge < -0.3 is 25.4 Å². The first-order valence-corrected chi connectivity index (χ1v) is 14.9. The van der Waals surface area contributed by atoms with Crippen molar-refractivity contribution in [2.45, 2.75) is 30.4 Å². The molecule has 0 radical (unpaired) electrons. The fourth-order valence-electron chi connectivity index (χ4n) is 4.28. The molecular formula is C35H35N3O5S. The monoisotopic (exact) mass is 609 g/mol. The predicted molar refractivity (Wildman–Crippen MR) is 176 cm³/mol. The molecule has 0 spiro atoms. The Kier molecular flexibility index (Phi) is 11.2. The van der Waals surface area contributed by atoms with Gasteiger partial charge in [0, 0.05) is 40.0 Å². The lowest BCUT2D eigenvalue weighted by Crippen LogP contribution is -2.30. The summed E-state index contributed by atoms with van der Waals surface area (Å²) in [6, 6.07) is 28.8. The summed E-state index contributed by atoms with van der Waals surface area (Å²) in [5.41, 5.74) is 3.40. The topological polar surface area (TPSA) is 106 Å². The second-order valence-electron chi connectivity index (χ2n) is 9.82. The van der Waals surface area contributed by atoms with Crippen molar-refractivity contribution in [3.8, 4) is 11.5 Å². The van der Waals surface area contributed by atoms with E-state index in [9.17, 15) is 14.4 Å². The maximum atomic E-state index is 13.5. The Morgan fingerprint density at radius 2 is 1.48 bits per heavy atom. The molecule has 8 nitrogen and oxygen atoms in total. The number of hydrogen-bond acceptors (Lipinski definition) is 6. The molecule has 4 aromatic rings. The standard InChI is InChI=1S/C35H35N3O5S/c1-5-32(35(41)37-27-19-28(42-3)22-29(20-27)43-4)44-30-17-11-16-26(21-30)36-34(40)31(18-25-15-10-9-12-23(25)2)38-33(39)24-13-7-6-8-14-24/h6-22,32H,5H2,1-4H3,(H,36,40)(H,37,41)(H,38,39)/b31-18-. The van der Waals surface area contributed by atoms with Gasteiger partial charge >= 0.3 is 0 Å². The van der Waals surface area contributed by atoms with Gasteiger partial charge in [-0.1, -0.05) is 55.5 Å². The van der Waals surface area contributed by atoms with Gasteiger partial charge in [0.25, 0.3) is 11.8 Å². The molecule has 44 heavy (non-hydrogen) atoms. The van der Waals surface area contributed by atoms with Crippen LogP contribution in [0, 0.1) is 6.92 Å². The summed E-state index contributed by atoms with van der Waals surface area (Å²) in [5, 5.41) is 8.22. The molecule has 0 bridgehead atoms. The van der Waals surface area contributed by atoms with E-state index in [2.05, 4.69) is 16.0 Å². The summed E-state index contributed by atoms with van der Waals surface area (Å²) in [5.74, 6) is 0.0975. The van der Waals surface area contributed by atoms with Crippen molar-refractivity contribution >= 4 is 46.9 Å². The number of carbonyl (C=O) groups excluding carboxylic acids is 3. The molecule has 0 heterocycles. The third-order valence-corrected chi connectivity index (χ3v) is 8.03. The molecule has 0 saturated carbocycles. The number of carbonyl (C=O) groups is 3. The van der Waals surface area contributed by atoms with E-state index >= 15 is 0 Å². The van der Waals surface area contributed by atoms with Gasteiger partial charge in [-0.25, -0.2) is 0 Å². The average molecular weight is 610 g/mol. The van der Waals surface area contributed by atoms with Crippen LogP contribution in [0.2, 0.25) is 0 Å². The van der Waals surface area contributed by atoms with Gasteiger partial charge in [-0.3, -0.25) is 14.4 Å². The third-order valence-electron chi connectivity index (χ3n) is 6.67. The minimum atomic E-state index is -0.476. The van der Waals surface area contributed by atoms with Crippen LogP contribution in [0.4, 0.5) is 11.4 Å². The third kappa shape index (κ3) is 8.75. The number of nitrogens with one attached hydrogen (secondary N) is 3. The Bertz CT molecular complexity index is 1630. The Morgan fingerprint density at radius 1 is 0.795 bits per heavy atom. The molecule has 0 aliphatic carbocycles. The first-order chi connectivity index (χ1) is 21.3. The van der Waals surface area contributed by atoms with Crippen molar-refractivity contribution < 1.29 is 23.9 Å². The number of amides is 3. The Balaban J connectivity index is 1.50. The zero-order valence-electron chi connectivity index (χ0n) is 25.0. The lowest BCUT2D eigenvalue weighted by atomic mass is 10.1. The Hall–Kier alpha value is -5.02. The van der Waals surface area contributed by atoms with E-state index in [4.69, 9.17) is 9.47 Å². The van der Waals surface area contributed by atoms with E-state index in [-0.39, 0.29) is 11.6 Å². The molecule has 4 rings (SSSR count). The molecular weight excluding hydrogens is 574 g/mol. The quantitative estimate of drug-likeness (QED) is 0.119. The summed E-state index contributed by atoms with van der Waals surface area (Å²) in [4.78, 5) is 40.5. The number of methoxy groups -OCH3 is 2. The van der Waals surface area contributed by atoms with E-state index in [1.54, 1.807) is 74.9 Å². The van der Waals surface area contributed by atoms with E-state index in [0.29, 0.717) is 34.9 Å². The minimum Gasteiger partial charge on any atom is -0.497 e. The maximum absolute atomic E-state index is 13.5. The zero-order chi connectivity index (χ0) is 31.5. The summed E-state index contributed by atoms with van der Waals surface area (Å²) in [6.07, 6.45) is 2.23. The predicted octanol–water partition coefficient (Wildman–Crippen LogP) is 6.93. The molecule has 3 N–H and O–H groups in total. The van der Waals surface area contributed by atoms with Gasteiger partial charge in [-0.05, 0) is 60.9 Å². The van der Waals surface area contributed by atoms with Crippen molar-refractivity contribution in [2.75, 3.05) is 24.9 Å². The Morgan fingerprint density at radius 3 is 2.14 bits per heavy atom. The molecule has 4 aromatic carbocycles. The summed E-state index contributed by atoms with van der Waals surface area (Å²) < 4.78 is 10.6.